The van der Waals surface area contributed by atoms with Crippen LogP contribution in [0.4, 0.5) is 0 Å². The molecule has 0 spiro atoms. The molecule has 2 atom stereocenters. The van der Waals surface area contributed by atoms with Crippen LogP contribution in [0.2, 0.25) is 0 Å². The van der Waals surface area contributed by atoms with Gasteiger partial charge in [0.1, 0.15) is 11.1 Å². The van der Waals surface area contributed by atoms with Crippen molar-refractivity contribution >= 4 is 46.5 Å². The van der Waals surface area contributed by atoms with Gasteiger partial charge in [0, 0.05) is 29.8 Å². The molecule has 1 aliphatic carbocycles. The Morgan fingerprint density at radius 1 is 1.03 bits per heavy atom. The lowest BCUT2D eigenvalue weighted by molar-refractivity contribution is -0.138. The maximum atomic E-state index is 13.1. The average molecular weight is 532 g/mol. The van der Waals surface area contributed by atoms with Crippen LogP contribution in [0.5, 0.6) is 0 Å². The monoisotopic (exact) mass is 531 g/mol. The van der Waals surface area contributed by atoms with Crippen molar-refractivity contribution in [1.29, 1.82) is 0 Å². The first-order chi connectivity index (χ1) is 17.7. The largest absolute Gasteiger partial charge is 0.481 e. The lowest BCUT2D eigenvalue weighted by Gasteiger charge is -2.36. The molecular weight excluding hydrogens is 498 g/mol. The van der Waals surface area contributed by atoms with Gasteiger partial charge in [-0.3, -0.25) is 24.2 Å². The number of nitrogens with two attached hydrogens (primary N) is 1. The molecule has 2 fully saturated rings. The van der Waals surface area contributed by atoms with Gasteiger partial charge in [-0.25, -0.2) is 0 Å². The minimum absolute atomic E-state index is 0.0435. The third-order valence-electron chi connectivity index (χ3n) is 6.43. The number of benzene rings is 1. The van der Waals surface area contributed by atoms with E-state index in [0.29, 0.717) is 16.3 Å². The van der Waals surface area contributed by atoms with E-state index in [4.69, 9.17) is 15.9 Å². The highest BCUT2D eigenvalue weighted by molar-refractivity contribution is 8.15. The molecule has 3 rings (SSSR count). The van der Waals surface area contributed by atoms with Crippen LogP contribution >= 0.6 is 11.8 Å². The molecule has 11 nitrogen and oxygen atoms in total. The number of hydrogen-bond acceptors (Lipinski definition) is 6. The molecule has 2 aliphatic rings. The highest BCUT2D eigenvalue weighted by Gasteiger charge is 2.44. The number of amides is 2. The Labute approximate surface area is 219 Å². The topological polar surface area (TPSA) is 175 Å². The summed E-state index contributed by atoms with van der Waals surface area (Å²) < 4.78 is 0. The van der Waals surface area contributed by atoms with Gasteiger partial charge in [0.05, 0.1) is 19.4 Å². The van der Waals surface area contributed by atoms with Crippen molar-refractivity contribution in [1.82, 2.24) is 10.2 Å². The fourth-order valence-corrected chi connectivity index (χ4v) is 5.81. The minimum atomic E-state index is -0.983. The summed E-state index contributed by atoms with van der Waals surface area (Å²) in [5.74, 6) is -2.47. The van der Waals surface area contributed by atoms with Crippen molar-refractivity contribution in [2.24, 2.45) is 15.7 Å². The van der Waals surface area contributed by atoms with Crippen molar-refractivity contribution in [2.75, 3.05) is 13.1 Å². The summed E-state index contributed by atoms with van der Waals surface area (Å²) in [5.41, 5.74) is 6.83. The first-order valence-corrected chi connectivity index (χ1v) is 13.2. The molecule has 37 heavy (non-hydrogen) atoms. The van der Waals surface area contributed by atoms with Crippen molar-refractivity contribution in [3.63, 3.8) is 0 Å². The SMILES string of the molecule is CC1C(C(=O)NCCC(=O)O)SC(=NC(=O)c2ccc(C(N)=NCCC(=O)O)cc2)N1C1CCCCC1. The number of nitrogens with zero attached hydrogens (tertiary/aromatic N) is 3. The number of amidine groups is 2. The Bertz CT molecular complexity index is 1070. The zero-order valence-electron chi connectivity index (χ0n) is 20.8. The van der Waals surface area contributed by atoms with Crippen LogP contribution in [-0.4, -0.2) is 80.3 Å². The number of carbonyl (C=O) groups is 4. The maximum Gasteiger partial charge on any atom is 0.305 e. The van der Waals surface area contributed by atoms with E-state index in [1.807, 2.05) is 6.92 Å². The Balaban J connectivity index is 1.76. The van der Waals surface area contributed by atoms with Crippen molar-refractivity contribution in [3.05, 3.63) is 35.4 Å². The summed E-state index contributed by atoms with van der Waals surface area (Å²) in [6.07, 6.45) is 4.94. The van der Waals surface area contributed by atoms with Gasteiger partial charge >= 0.3 is 11.9 Å². The molecule has 0 radical (unpaired) electrons. The lowest BCUT2D eigenvalue weighted by atomic mass is 9.93. The van der Waals surface area contributed by atoms with Gasteiger partial charge in [0.25, 0.3) is 5.91 Å². The third-order valence-corrected chi connectivity index (χ3v) is 7.80. The summed E-state index contributed by atoms with van der Waals surface area (Å²) in [7, 11) is 0. The van der Waals surface area contributed by atoms with E-state index >= 15 is 0 Å². The smallest absolute Gasteiger partial charge is 0.305 e. The normalized spacial score (nSPS) is 21.7. The molecule has 2 amide bonds. The van der Waals surface area contributed by atoms with E-state index < -0.39 is 23.1 Å². The van der Waals surface area contributed by atoms with Crippen molar-refractivity contribution in [3.8, 4) is 0 Å². The molecule has 1 aromatic carbocycles. The second-order valence-corrected chi connectivity index (χ2v) is 10.2. The highest BCUT2D eigenvalue weighted by Crippen LogP contribution is 2.37. The lowest BCUT2D eigenvalue weighted by Crippen LogP contribution is -2.47. The number of aliphatic carboxylic acids is 2. The van der Waals surface area contributed by atoms with Crippen LogP contribution < -0.4 is 11.1 Å². The number of thioether (sulfide) groups is 1. The Morgan fingerprint density at radius 2 is 1.65 bits per heavy atom. The molecule has 1 saturated heterocycles. The van der Waals surface area contributed by atoms with Crippen LogP contribution in [-0.2, 0) is 14.4 Å². The molecule has 0 bridgehead atoms. The quantitative estimate of drug-likeness (QED) is 0.260. The van der Waals surface area contributed by atoms with Crippen LogP contribution in [0.3, 0.4) is 0 Å². The molecule has 0 aromatic heterocycles. The molecule has 1 aliphatic heterocycles. The van der Waals surface area contributed by atoms with E-state index in [1.54, 1.807) is 24.3 Å². The molecule has 5 N–H and O–H groups in total. The number of carbonyl (C=O) groups excluding carboxylic acids is 2. The van der Waals surface area contributed by atoms with Crippen LogP contribution in [0.1, 0.15) is 67.8 Å². The van der Waals surface area contributed by atoms with Crippen LogP contribution in [0, 0.1) is 0 Å². The van der Waals surface area contributed by atoms with Crippen LogP contribution in [0.25, 0.3) is 0 Å². The Hall–Kier alpha value is -3.41. The van der Waals surface area contributed by atoms with Crippen LogP contribution in [0.15, 0.2) is 34.3 Å². The summed E-state index contributed by atoms with van der Waals surface area (Å²) in [6.45, 7) is 2.05. The van der Waals surface area contributed by atoms with Gasteiger partial charge in [-0.2, -0.15) is 4.99 Å². The second-order valence-electron chi connectivity index (χ2n) is 9.10. The maximum absolute atomic E-state index is 13.1. The van der Waals surface area contributed by atoms with Gasteiger partial charge in [0.15, 0.2) is 5.17 Å². The zero-order valence-corrected chi connectivity index (χ0v) is 21.6. The van der Waals surface area contributed by atoms with Gasteiger partial charge in [-0.1, -0.05) is 43.2 Å². The zero-order chi connectivity index (χ0) is 26.9. The van der Waals surface area contributed by atoms with Gasteiger partial charge < -0.3 is 26.2 Å². The second kappa shape index (κ2) is 13.2. The molecule has 2 unspecified atom stereocenters. The molecule has 1 aromatic rings. The Kier molecular flexibility index (Phi) is 10.1. The highest BCUT2D eigenvalue weighted by atomic mass is 32.2. The number of carboxylic acids is 2. The molecule has 1 saturated carbocycles. The number of rotatable bonds is 10. The predicted octanol–water partition coefficient (Wildman–Crippen LogP) is 2.09. The van der Waals surface area contributed by atoms with Gasteiger partial charge in [-0.05, 0) is 31.9 Å². The molecule has 200 valence electrons. The number of hydrogen-bond donors (Lipinski definition) is 4. The standard InChI is InChI=1S/C25H33N5O6S/c1-15-21(24(36)28-14-12-20(33)34)37-25(30(15)18-5-3-2-4-6-18)29-23(35)17-9-7-16(8-10-17)22(26)27-13-11-19(31)32/h7-10,15,18,21H,2-6,11-14H2,1H3,(H2,26,27)(H,28,36)(H,31,32)(H,33,34). The fraction of sp³-hybridized carbons (Fsp3) is 0.520. The summed E-state index contributed by atoms with van der Waals surface area (Å²) in [5, 5.41) is 20.3. The minimum Gasteiger partial charge on any atom is -0.481 e. The van der Waals surface area contributed by atoms with E-state index in [-0.39, 0.29) is 49.8 Å². The third kappa shape index (κ3) is 7.78. The summed E-state index contributed by atoms with van der Waals surface area (Å²) in [6, 6.07) is 6.43. The summed E-state index contributed by atoms with van der Waals surface area (Å²) in [4.78, 5) is 57.9. The number of aliphatic imine (C=N–C) groups is 2. The molecular formula is C25H33N5O6S. The first-order valence-electron chi connectivity index (χ1n) is 12.4. The fourth-order valence-electron chi connectivity index (χ4n) is 4.49. The van der Waals surface area contributed by atoms with E-state index in [1.165, 1.54) is 11.8 Å². The van der Waals surface area contributed by atoms with Crippen molar-refractivity contribution < 1.29 is 29.4 Å². The average Bonchev–Trinajstić information content (AvgIpc) is 3.19. The van der Waals surface area contributed by atoms with Gasteiger partial charge in [-0.15, -0.1) is 0 Å². The van der Waals surface area contributed by atoms with Crippen molar-refractivity contribution in [2.45, 2.75) is 69.2 Å². The predicted molar refractivity (Wildman–Crippen MR) is 141 cm³/mol. The summed E-state index contributed by atoms with van der Waals surface area (Å²) >= 11 is 1.24. The Morgan fingerprint density at radius 3 is 2.27 bits per heavy atom. The van der Waals surface area contributed by atoms with Gasteiger partial charge in [0.2, 0.25) is 5.91 Å². The molecule has 12 heteroatoms. The number of carboxylic acid groups (broad SMARTS) is 2. The van der Waals surface area contributed by atoms with E-state index in [9.17, 15) is 19.2 Å². The number of nitrogens with one attached hydrogen (secondary N) is 1. The molecule has 1 heterocycles. The first kappa shape index (κ1) is 28.2. The van der Waals surface area contributed by atoms with E-state index in [0.717, 1.165) is 32.1 Å². The van der Waals surface area contributed by atoms with E-state index in [2.05, 4.69) is 20.2 Å².